The van der Waals surface area contributed by atoms with Crippen LogP contribution in [-0.2, 0) is 15.4 Å². The summed E-state index contributed by atoms with van der Waals surface area (Å²) in [6.07, 6.45) is 0. The quantitative estimate of drug-likeness (QED) is 0.772. The molecule has 1 N–H and O–H groups in total. The predicted molar refractivity (Wildman–Crippen MR) is 76.3 cm³/mol. The monoisotopic (exact) mass is 267 g/mol. The van der Waals surface area contributed by atoms with Crippen molar-refractivity contribution in [1.29, 1.82) is 0 Å². The standard InChI is InChI=1S/C14H21NO2S/c1-11(2)8-17-15-14(16)10-18-9-13-6-4-5-12(3)7-13/h4-7,11H,8-10H2,1-3H3,(H,15,16). The van der Waals surface area contributed by atoms with E-state index in [-0.39, 0.29) is 5.91 Å². The molecule has 0 aliphatic carbocycles. The van der Waals surface area contributed by atoms with E-state index in [0.29, 0.717) is 18.3 Å². The third-order valence-electron chi connectivity index (χ3n) is 2.19. The normalized spacial score (nSPS) is 10.7. The summed E-state index contributed by atoms with van der Waals surface area (Å²) in [6, 6.07) is 8.32. The van der Waals surface area contributed by atoms with Crippen LogP contribution in [0.4, 0.5) is 0 Å². The van der Waals surface area contributed by atoms with Crippen molar-refractivity contribution in [2.24, 2.45) is 5.92 Å². The Morgan fingerprint density at radius 2 is 2.22 bits per heavy atom. The molecular weight excluding hydrogens is 246 g/mol. The lowest BCUT2D eigenvalue weighted by atomic mass is 10.2. The lowest BCUT2D eigenvalue weighted by Gasteiger charge is -2.07. The van der Waals surface area contributed by atoms with E-state index < -0.39 is 0 Å². The Hall–Kier alpha value is -1.00. The summed E-state index contributed by atoms with van der Waals surface area (Å²) in [6.45, 7) is 6.70. The first kappa shape index (κ1) is 15.1. The summed E-state index contributed by atoms with van der Waals surface area (Å²) < 4.78 is 0. The van der Waals surface area contributed by atoms with Crippen molar-refractivity contribution >= 4 is 17.7 Å². The maximum absolute atomic E-state index is 11.4. The van der Waals surface area contributed by atoms with Gasteiger partial charge in [0, 0.05) is 5.75 Å². The fraction of sp³-hybridized carbons (Fsp3) is 0.500. The van der Waals surface area contributed by atoms with Crippen LogP contribution in [0.2, 0.25) is 0 Å². The Bertz CT molecular complexity index is 380. The maximum Gasteiger partial charge on any atom is 0.253 e. The van der Waals surface area contributed by atoms with Gasteiger partial charge in [-0.3, -0.25) is 9.63 Å². The molecule has 0 bridgehead atoms. The van der Waals surface area contributed by atoms with Gasteiger partial charge in [0.2, 0.25) is 0 Å². The number of hydrogen-bond acceptors (Lipinski definition) is 3. The van der Waals surface area contributed by atoms with Gasteiger partial charge in [-0.1, -0.05) is 43.7 Å². The van der Waals surface area contributed by atoms with Crippen LogP contribution in [0.3, 0.4) is 0 Å². The fourth-order valence-corrected chi connectivity index (χ4v) is 2.14. The molecule has 0 atom stereocenters. The second kappa shape index (κ2) is 8.16. The van der Waals surface area contributed by atoms with Gasteiger partial charge in [-0.2, -0.15) is 0 Å². The van der Waals surface area contributed by atoms with Gasteiger partial charge in [-0.15, -0.1) is 11.8 Å². The van der Waals surface area contributed by atoms with Crippen LogP contribution in [0.25, 0.3) is 0 Å². The molecule has 0 aliphatic heterocycles. The number of hydroxylamine groups is 1. The van der Waals surface area contributed by atoms with Gasteiger partial charge in [0.05, 0.1) is 12.4 Å². The minimum Gasteiger partial charge on any atom is -0.273 e. The molecule has 1 amide bonds. The SMILES string of the molecule is Cc1cccc(CSCC(=O)NOCC(C)C)c1. The van der Waals surface area contributed by atoms with Gasteiger partial charge in [0.1, 0.15) is 0 Å². The molecule has 3 nitrogen and oxygen atoms in total. The Kier molecular flexibility index (Phi) is 6.83. The highest BCUT2D eigenvalue weighted by atomic mass is 32.2. The number of hydrogen-bond donors (Lipinski definition) is 1. The van der Waals surface area contributed by atoms with E-state index in [4.69, 9.17) is 4.84 Å². The number of carbonyl (C=O) groups is 1. The van der Waals surface area contributed by atoms with E-state index in [9.17, 15) is 4.79 Å². The van der Waals surface area contributed by atoms with Gasteiger partial charge in [-0.25, -0.2) is 5.48 Å². The van der Waals surface area contributed by atoms with Crippen molar-refractivity contribution in [2.75, 3.05) is 12.4 Å². The predicted octanol–water partition coefficient (Wildman–Crippen LogP) is 2.93. The highest BCUT2D eigenvalue weighted by Crippen LogP contribution is 2.13. The number of carbonyl (C=O) groups excluding carboxylic acids is 1. The first-order chi connectivity index (χ1) is 8.58. The van der Waals surface area contributed by atoms with E-state index in [1.165, 1.54) is 11.1 Å². The molecule has 1 aromatic carbocycles. The Morgan fingerprint density at radius 1 is 1.44 bits per heavy atom. The molecule has 18 heavy (non-hydrogen) atoms. The Labute approximate surface area is 113 Å². The third kappa shape index (κ3) is 6.67. The summed E-state index contributed by atoms with van der Waals surface area (Å²) in [7, 11) is 0. The number of nitrogens with one attached hydrogen (secondary N) is 1. The van der Waals surface area contributed by atoms with Gasteiger partial charge >= 0.3 is 0 Å². The second-order valence-corrected chi connectivity index (χ2v) is 5.70. The first-order valence-corrected chi connectivity index (χ1v) is 7.27. The zero-order valence-corrected chi connectivity index (χ0v) is 12.0. The third-order valence-corrected chi connectivity index (χ3v) is 3.19. The minimum absolute atomic E-state index is 0.0756. The summed E-state index contributed by atoms with van der Waals surface area (Å²) in [5, 5.41) is 0. The van der Waals surface area contributed by atoms with E-state index in [1.54, 1.807) is 11.8 Å². The smallest absolute Gasteiger partial charge is 0.253 e. The summed E-state index contributed by atoms with van der Waals surface area (Å²) >= 11 is 1.59. The van der Waals surface area contributed by atoms with Crippen molar-refractivity contribution < 1.29 is 9.63 Å². The minimum atomic E-state index is -0.0756. The molecule has 0 fully saturated rings. The molecule has 1 rings (SSSR count). The topological polar surface area (TPSA) is 38.3 Å². The second-order valence-electron chi connectivity index (χ2n) is 4.71. The van der Waals surface area contributed by atoms with Crippen LogP contribution in [0.15, 0.2) is 24.3 Å². The van der Waals surface area contributed by atoms with Crippen molar-refractivity contribution in [1.82, 2.24) is 5.48 Å². The highest BCUT2D eigenvalue weighted by Gasteiger charge is 2.03. The number of thioether (sulfide) groups is 1. The molecule has 0 radical (unpaired) electrons. The summed E-state index contributed by atoms with van der Waals surface area (Å²) in [4.78, 5) is 16.5. The molecule has 0 heterocycles. The van der Waals surface area contributed by atoms with Crippen LogP contribution in [0.5, 0.6) is 0 Å². The Morgan fingerprint density at radius 3 is 2.89 bits per heavy atom. The zero-order chi connectivity index (χ0) is 13.4. The van der Waals surface area contributed by atoms with Gasteiger partial charge in [0.15, 0.2) is 0 Å². The number of amides is 1. The van der Waals surface area contributed by atoms with Crippen LogP contribution < -0.4 is 5.48 Å². The lowest BCUT2D eigenvalue weighted by molar-refractivity contribution is -0.131. The van der Waals surface area contributed by atoms with Crippen LogP contribution in [-0.4, -0.2) is 18.3 Å². The van der Waals surface area contributed by atoms with Crippen molar-refractivity contribution in [3.63, 3.8) is 0 Å². The molecule has 0 aromatic heterocycles. The average Bonchev–Trinajstić information content (AvgIpc) is 2.28. The Balaban J connectivity index is 2.15. The number of rotatable bonds is 7. The van der Waals surface area contributed by atoms with Crippen LogP contribution >= 0.6 is 11.8 Å². The van der Waals surface area contributed by atoms with Gasteiger partial charge in [0.25, 0.3) is 5.91 Å². The van der Waals surface area contributed by atoms with Crippen molar-refractivity contribution in [3.8, 4) is 0 Å². The molecule has 100 valence electrons. The van der Waals surface area contributed by atoms with Crippen LogP contribution in [0.1, 0.15) is 25.0 Å². The molecule has 0 aliphatic rings. The van der Waals surface area contributed by atoms with E-state index >= 15 is 0 Å². The molecule has 1 aromatic rings. The zero-order valence-electron chi connectivity index (χ0n) is 11.2. The molecule has 0 saturated heterocycles. The fourth-order valence-electron chi connectivity index (χ4n) is 1.38. The van der Waals surface area contributed by atoms with E-state index in [2.05, 4.69) is 30.6 Å². The average molecular weight is 267 g/mol. The summed E-state index contributed by atoms with van der Waals surface area (Å²) in [5.74, 6) is 1.62. The van der Waals surface area contributed by atoms with Gasteiger partial charge < -0.3 is 0 Å². The maximum atomic E-state index is 11.4. The molecule has 0 spiro atoms. The molecule has 0 saturated carbocycles. The van der Waals surface area contributed by atoms with E-state index in [0.717, 1.165) is 5.75 Å². The van der Waals surface area contributed by atoms with Crippen LogP contribution in [0, 0.1) is 12.8 Å². The largest absolute Gasteiger partial charge is 0.273 e. The van der Waals surface area contributed by atoms with E-state index in [1.807, 2.05) is 19.9 Å². The van der Waals surface area contributed by atoms with Crippen molar-refractivity contribution in [2.45, 2.75) is 26.5 Å². The lowest BCUT2D eigenvalue weighted by Crippen LogP contribution is -2.27. The number of benzene rings is 1. The summed E-state index contributed by atoms with van der Waals surface area (Å²) in [5.41, 5.74) is 4.95. The highest BCUT2D eigenvalue weighted by molar-refractivity contribution is 7.99. The molecule has 0 unspecified atom stereocenters. The molecule has 4 heteroatoms. The van der Waals surface area contributed by atoms with Gasteiger partial charge in [-0.05, 0) is 18.4 Å². The first-order valence-electron chi connectivity index (χ1n) is 6.12. The molecular formula is C14H21NO2S. The number of aryl methyl sites for hydroxylation is 1. The van der Waals surface area contributed by atoms with Crippen molar-refractivity contribution in [3.05, 3.63) is 35.4 Å².